The van der Waals surface area contributed by atoms with Gasteiger partial charge in [0.05, 0.1) is 23.7 Å². The van der Waals surface area contributed by atoms with Gasteiger partial charge >= 0.3 is 11.9 Å². The first-order valence-corrected chi connectivity index (χ1v) is 7.21. The lowest BCUT2D eigenvalue weighted by molar-refractivity contribution is -0.152. The van der Waals surface area contributed by atoms with E-state index in [1.807, 2.05) is 0 Å². The molecule has 0 radical (unpaired) electrons. The van der Waals surface area contributed by atoms with Crippen LogP contribution in [-0.2, 0) is 14.3 Å². The maximum absolute atomic E-state index is 11.8. The number of hydrogen-bond donors (Lipinski definition) is 2. The van der Waals surface area contributed by atoms with Crippen molar-refractivity contribution in [2.45, 2.75) is 13.8 Å². The summed E-state index contributed by atoms with van der Waals surface area (Å²) in [6, 6.07) is 4.78. The quantitative estimate of drug-likeness (QED) is 0.659. The molecule has 1 aromatic carbocycles. The fourth-order valence-electron chi connectivity index (χ4n) is 1.76. The Balaban J connectivity index is 2.26. The van der Waals surface area contributed by atoms with Gasteiger partial charge in [-0.15, -0.1) is 0 Å². The molecule has 0 saturated heterocycles. The maximum Gasteiger partial charge on any atom is 0.397 e. The number of anilines is 3. The summed E-state index contributed by atoms with van der Waals surface area (Å²) in [4.78, 5) is 31.5. The maximum atomic E-state index is 11.8. The molecule has 8 heteroatoms. The molecule has 0 aliphatic rings. The molecule has 1 aromatic heterocycles. The van der Waals surface area contributed by atoms with Gasteiger partial charge in [-0.05, 0) is 32.0 Å². The summed E-state index contributed by atoms with van der Waals surface area (Å²) in [7, 11) is 0. The van der Waals surface area contributed by atoms with E-state index in [1.54, 1.807) is 38.2 Å². The van der Waals surface area contributed by atoms with Crippen molar-refractivity contribution in [3.8, 4) is 0 Å². The Hall–Kier alpha value is -2.67. The van der Waals surface area contributed by atoms with Crippen molar-refractivity contribution in [1.82, 2.24) is 9.97 Å². The minimum atomic E-state index is -0.955. The number of amides is 1. The Morgan fingerprint density at radius 2 is 1.96 bits per heavy atom. The third kappa shape index (κ3) is 4.40. The van der Waals surface area contributed by atoms with Crippen LogP contribution >= 0.6 is 11.6 Å². The van der Waals surface area contributed by atoms with E-state index in [1.165, 1.54) is 6.20 Å². The number of nitrogens with one attached hydrogen (secondary N) is 2. The molecule has 0 bridgehead atoms. The van der Waals surface area contributed by atoms with Crippen molar-refractivity contribution in [2.75, 3.05) is 17.2 Å². The lowest BCUT2D eigenvalue weighted by Crippen LogP contribution is -2.25. The van der Waals surface area contributed by atoms with Gasteiger partial charge in [0.25, 0.3) is 0 Å². The molecule has 120 valence electrons. The molecule has 2 aromatic rings. The van der Waals surface area contributed by atoms with Crippen molar-refractivity contribution >= 4 is 40.7 Å². The molecule has 0 aliphatic carbocycles. The van der Waals surface area contributed by atoms with Crippen LogP contribution in [0.1, 0.15) is 12.6 Å². The van der Waals surface area contributed by atoms with Crippen molar-refractivity contribution in [3.63, 3.8) is 0 Å². The Bertz CT molecular complexity index is 736. The van der Waals surface area contributed by atoms with Gasteiger partial charge < -0.3 is 15.4 Å². The lowest BCUT2D eigenvalue weighted by atomic mass is 10.2. The van der Waals surface area contributed by atoms with Crippen LogP contribution in [0.2, 0.25) is 5.02 Å². The number of esters is 1. The Labute approximate surface area is 138 Å². The van der Waals surface area contributed by atoms with Crippen LogP contribution in [-0.4, -0.2) is 28.5 Å². The number of aryl methyl sites for hydroxylation is 1. The number of hydrogen-bond acceptors (Lipinski definition) is 6. The van der Waals surface area contributed by atoms with Crippen LogP contribution in [0.4, 0.5) is 17.2 Å². The zero-order valence-electron chi connectivity index (χ0n) is 12.6. The molecule has 0 fully saturated rings. The van der Waals surface area contributed by atoms with Gasteiger partial charge in [-0.2, -0.15) is 0 Å². The average molecular weight is 335 g/mol. The van der Waals surface area contributed by atoms with Crippen molar-refractivity contribution < 1.29 is 14.3 Å². The second-order valence-corrected chi connectivity index (χ2v) is 4.92. The SMILES string of the molecule is CCOC(=O)C(=O)Nc1ccc(Cl)cc1Nc1nccnc1C. The summed E-state index contributed by atoms with van der Waals surface area (Å²) < 4.78 is 4.66. The number of aromatic nitrogens is 2. The van der Waals surface area contributed by atoms with E-state index < -0.39 is 11.9 Å². The van der Waals surface area contributed by atoms with Crippen LogP contribution in [0.25, 0.3) is 0 Å². The van der Waals surface area contributed by atoms with Crippen LogP contribution in [0, 0.1) is 6.92 Å². The molecule has 0 spiro atoms. The first kappa shape index (κ1) is 16.7. The Kier molecular flexibility index (Phi) is 5.48. The zero-order valence-corrected chi connectivity index (χ0v) is 13.3. The number of ether oxygens (including phenoxy) is 1. The van der Waals surface area contributed by atoms with Gasteiger partial charge in [0.2, 0.25) is 0 Å². The molecule has 0 aliphatic heterocycles. The number of benzene rings is 1. The Morgan fingerprint density at radius 1 is 1.22 bits per heavy atom. The summed E-state index contributed by atoms with van der Waals surface area (Å²) in [5.74, 6) is -1.31. The van der Waals surface area contributed by atoms with Crippen LogP contribution in [0.5, 0.6) is 0 Å². The molecular weight excluding hydrogens is 320 g/mol. The molecule has 0 saturated carbocycles. The average Bonchev–Trinajstić information content (AvgIpc) is 2.52. The van der Waals surface area contributed by atoms with E-state index in [2.05, 4.69) is 25.3 Å². The predicted octanol–water partition coefficient (Wildman–Crippen LogP) is 2.68. The fraction of sp³-hybridized carbons (Fsp3) is 0.200. The molecular formula is C15H15ClN4O3. The topological polar surface area (TPSA) is 93.2 Å². The van der Waals surface area contributed by atoms with E-state index in [-0.39, 0.29) is 6.61 Å². The van der Waals surface area contributed by atoms with Gasteiger partial charge in [-0.25, -0.2) is 9.78 Å². The van der Waals surface area contributed by atoms with Crippen molar-refractivity contribution in [3.05, 3.63) is 41.3 Å². The number of carbonyl (C=O) groups is 2. The zero-order chi connectivity index (χ0) is 16.8. The number of halogens is 1. The lowest BCUT2D eigenvalue weighted by Gasteiger charge is -2.13. The van der Waals surface area contributed by atoms with Gasteiger partial charge in [-0.1, -0.05) is 11.6 Å². The minimum Gasteiger partial charge on any atom is -0.459 e. The predicted molar refractivity (Wildman–Crippen MR) is 86.8 cm³/mol. The molecule has 1 amide bonds. The second-order valence-electron chi connectivity index (χ2n) is 4.48. The molecule has 0 unspecified atom stereocenters. The molecule has 0 atom stereocenters. The highest BCUT2D eigenvalue weighted by Gasteiger charge is 2.17. The first-order valence-electron chi connectivity index (χ1n) is 6.83. The summed E-state index contributed by atoms with van der Waals surface area (Å²) in [5.41, 5.74) is 1.53. The van der Waals surface area contributed by atoms with Crippen LogP contribution < -0.4 is 10.6 Å². The summed E-state index contributed by atoms with van der Waals surface area (Å²) in [6.45, 7) is 3.53. The summed E-state index contributed by atoms with van der Waals surface area (Å²) in [6.07, 6.45) is 3.11. The van der Waals surface area contributed by atoms with Crippen LogP contribution in [0.15, 0.2) is 30.6 Å². The van der Waals surface area contributed by atoms with E-state index in [0.29, 0.717) is 27.9 Å². The van der Waals surface area contributed by atoms with Crippen molar-refractivity contribution in [1.29, 1.82) is 0 Å². The number of carbonyl (C=O) groups excluding carboxylic acids is 2. The van der Waals surface area contributed by atoms with Gasteiger partial charge in [0, 0.05) is 17.4 Å². The van der Waals surface area contributed by atoms with E-state index in [9.17, 15) is 9.59 Å². The second kappa shape index (κ2) is 7.55. The van der Waals surface area contributed by atoms with E-state index in [4.69, 9.17) is 11.6 Å². The normalized spacial score (nSPS) is 10.0. The minimum absolute atomic E-state index is 0.122. The number of rotatable bonds is 4. The molecule has 2 N–H and O–H groups in total. The van der Waals surface area contributed by atoms with E-state index >= 15 is 0 Å². The third-order valence-electron chi connectivity index (χ3n) is 2.82. The molecule has 1 heterocycles. The van der Waals surface area contributed by atoms with Gasteiger partial charge in [0.15, 0.2) is 5.82 Å². The third-order valence-corrected chi connectivity index (χ3v) is 3.06. The summed E-state index contributed by atoms with van der Waals surface area (Å²) in [5, 5.41) is 5.97. The largest absolute Gasteiger partial charge is 0.459 e. The highest BCUT2D eigenvalue weighted by molar-refractivity contribution is 6.37. The van der Waals surface area contributed by atoms with Gasteiger partial charge in [-0.3, -0.25) is 9.78 Å². The standard InChI is InChI=1S/C15H15ClN4O3/c1-3-23-15(22)14(21)20-11-5-4-10(16)8-12(11)19-13-9(2)17-6-7-18-13/h4-8H,3H2,1-2H3,(H,18,19)(H,20,21). The summed E-state index contributed by atoms with van der Waals surface area (Å²) >= 11 is 5.99. The highest BCUT2D eigenvalue weighted by atomic mass is 35.5. The fourth-order valence-corrected chi connectivity index (χ4v) is 1.93. The monoisotopic (exact) mass is 334 g/mol. The van der Waals surface area contributed by atoms with Gasteiger partial charge in [0.1, 0.15) is 0 Å². The number of nitrogens with zero attached hydrogens (tertiary/aromatic N) is 2. The smallest absolute Gasteiger partial charge is 0.397 e. The highest BCUT2D eigenvalue weighted by Crippen LogP contribution is 2.28. The van der Waals surface area contributed by atoms with E-state index in [0.717, 1.165) is 0 Å². The molecule has 2 rings (SSSR count). The van der Waals surface area contributed by atoms with Crippen LogP contribution in [0.3, 0.4) is 0 Å². The first-order chi connectivity index (χ1) is 11.0. The molecule has 7 nitrogen and oxygen atoms in total. The van der Waals surface area contributed by atoms with Crippen molar-refractivity contribution in [2.24, 2.45) is 0 Å². The Morgan fingerprint density at radius 3 is 2.65 bits per heavy atom. The molecule has 23 heavy (non-hydrogen) atoms.